The van der Waals surface area contributed by atoms with Crippen LogP contribution in [0.3, 0.4) is 0 Å². The van der Waals surface area contributed by atoms with Crippen LogP contribution in [0.25, 0.3) is 0 Å². The molecular weight excluding hydrogens is 374 g/mol. The number of alkyl halides is 1. The number of ether oxygens (including phenoxy) is 2. The maximum absolute atomic E-state index is 13.7. The van der Waals surface area contributed by atoms with Crippen LogP contribution < -0.4 is 9.22 Å². The monoisotopic (exact) mass is 404 g/mol. The Morgan fingerprint density at radius 3 is 2.04 bits per heavy atom. The summed E-state index contributed by atoms with van der Waals surface area (Å²) in [5.41, 5.74) is 2.91. The van der Waals surface area contributed by atoms with Crippen molar-refractivity contribution in [2.75, 3.05) is 20.1 Å². The largest absolute Gasteiger partial charge is 0.491 e. The van der Waals surface area contributed by atoms with Gasteiger partial charge in [0, 0.05) is 38.2 Å². The van der Waals surface area contributed by atoms with Crippen molar-refractivity contribution in [3.8, 4) is 5.75 Å². The fourth-order valence-electron chi connectivity index (χ4n) is 4.02. The number of halogens is 1. The van der Waals surface area contributed by atoms with Gasteiger partial charge in [-0.25, -0.2) is 4.79 Å². The van der Waals surface area contributed by atoms with Crippen molar-refractivity contribution in [3.05, 3.63) is 53.6 Å². The predicted molar refractivity (Wildman–Crippen MR) is 116 cm³/mol. The SMILES string of the molecule is CCc1cccc(CC)c1[N+](C(=O)CCl)(c1ccccc1OC)C(C)(C)OC. The molecule has 0 N–H and O–H groups in total. The number of hydrogen-bond donors (Lipinski definition) is 0. The number of para-hydroxylation sites is 3. The maximum Gasteiger partial charge on any atom is 0.341 e. The molecule has 0 fully saturated rings. The maximum atomic E-state index is 13.7. The van der Waals surface area contributed by atoms with Gasteiger partial charge >= 0.3 is 5.91 Å². The topological polar surface area (TPSA) is 35.5 Å². The molecule has 1 unspecified atom stereocenters. The van der Waals surface area contributed by atoms with Crippen molar-refractivity contribution in [1.29, 1.82) is 0 Å². The van der Waals surface area contributed by atoms with Crippen molar-refractivity contribution in [1.82, 2.24) is 4.48 Å². The Morgan fingerprint density at radius 1 is 1.00 bits per heavy atom. The molecule has 2 aromatic carbocycles. The minimum atomic E-state index is -0.921. The molecule has 2 rings (SSSR count). The van der Waals surface area contributed by atoms with E-state index in [1.807, 2.05) is 44.2 Å². The predicted octanol–water partition coefficient (Wildman–Crippen LogP) is 5.61. The normalized spacial score (nSPS) is 13.8. The van der Waals surface area contributed by atoms with E-state index >= 15 is 0 Å². The molecule has 0 aliphatic carbocycles. The van der Waals surface area contributed by atoms with Gasteiger partial charge in [0.25, 0.3) is 0 Å². The number of aryl methyl sites for hydroxylation is 2. The van der Waals surface area contributed by atoms with Gasteiger partial charge in [-0.15, -0.1) is 11.6 Å². The summed E-state index contributed by atoms with van der Waals surface area (Å²) in [6.45, 7) is 8.05. The summed E-state index contributed by atoms with van der Waals surface area (Å²) in [6, 6.07) is 13.8. The molecule has 0 bridgehead atoms. The summed E-state index contributed by atoms with van der Waals surface area (Å²) in [4.78, 5) is 13.7. The highest BCUT2D eigenvalue weighted by atomic mass is 35.5. The minimum Gasteiger partial charge on any atom is -0.491 e. The number of quaternary nitrogens is 1. The van der Waals surface area contributed by atoms with E-state index in [1.54, 1.807) is 14.2 Å². The average molecular weight is 405 g/mol. The number of carbonyl (C=O) groups is 1. The van der Waals surface area contributed by atoms with Crippen molar-refractivity contribution in [2.24, 2.45) is 0 Å². The Balaban J connectivity index is 3.14. The van der Waals surface area contributed by atoms with E-state index in [1.165, 1.54) is 0 Å². The molecule has 4 nitrogen and oxygen atoms in total. The zero-order valence-corrected chi connectivity index (χ0v) is 18.5. The van der Waals surface area contributed by atoms with Gasteiger partial charge in [0.1, 0.15) is 5.88 Å². The molecular formula is C23H31ClNO3+. The summed E-state index contributed by atoms with van der Waals surface area (Å²) in [6.07, 6.45) is 1.57. The number of methoxy groups -OCH3 is 2. The molecule has 0 heterocycles. The summed E-state index contributed by atoms with van der Waals surface area (Å²) in [7, 11) is 3.25. The Bertz CT molecular complexity index is 812. The lowest BCUT2D eigenvalue weighted by Gasteiger charge is -2.47. The van der Waals surface area contributed by atoms with E-state index in [0.717, 1.165) is 35.3 Å². The zero-order valence-electron chi connectivity index (χ0n) is 17.7. The highest BCUT2D eigenvalue weighted by molar-refractivity contribution is 6.29. The van der Waals surface area contributed by atoms with E-state index < -0.39 is 5.72 Å². The van der Waals surface area contributed by atoms with Gasteiger partial charge < -0.3 is 9.47 Å². The zero-order chi connectivity index (χ0) is 20.9. The molecule has 0 aromatic heterocycles. The number of carbonyl (C=O) groups excluding carboxylic acids is 1. The van der Waals surface area contributed by atoms with Gasteiger partial charge in [0.05, 0.1) is 7.11 Å². The summed E-state index contributed by atoms with van der Waals surface area (Å²) < 4.78 is 11.5. The lowest BCUT2D eigenvalue weighted by molar-refractivity contribution is -0.145. The molecule has 0 saturated heterocycles. The standard InChI is InChI=1S/C23H31ClNO3/c1-7-17-12-11-13-18(8-2)22(17)25(21(26)16-24,23(3,4)28-6)19-14-9-10-15-20(19)27-5/h9-15H,7-8,16H2,1-6H3/q+1. The first-order valence-electron chi connectivity index (χ1n) is 9.64. The van der Waals surface area contributed by atoms with Gasteiger partial charge in [-0.3, -0.25) is 0 Å². The minimum absolute atomic E-state index is 0.147. The van der Waals surface area contributed by atoms with Crippen molar-refractivity contribution in [3.63, 3.8) is 0 Å². The molecule has 0 spiro atoms. The third-order valence-electron chi connectivity index (χ3n) is 5.54. The highest BCUT2D eigenvalue weighted by Crippen LogP contribution is 2.50. The Hall–Kier alpha value is -1.88. The molecule has 1 amide bonds. The summed E-state index contributed by atoms with van der Waals surface area (Å²) in [5, 5.41) is 0. The van der Waals surface area contributed by atoms with Crippen LogP contribution in [0.15, 0.2) is 42.5 Å². The van der Waals surface area contributed by atoms with Gasteiger partial charge in [-0.2, -0.15) is 4.48 Å². The van der Waals surface area contributed by atoms with Crippen LogP contribution in [0.1, 0.15) is 38.8 Å². The van der Waals surface area contributed by atoms with Crippen LogP contribution in [0.5, 0.6) is 5.75 Å². The average Bonchev–Trinajstić information content (AvgIpc) is 2.74. The summed E-state index contributed by atoms with van der Waals surface area (Å²) in [5.74, 6) is 0.319. The second-order valence-corrected chi connectivity index (χ2v) is 7.42. The Morgan fingerprint density at radius 2 is 1.57 bits per heavy atom. The molecule has 0 saturated carbocycles. The van der Waals surface area contributed by atoms with Gasteiger partial charge in [-0.05, 0) is 18.9 Å². The van der Waals surface area contributed by atoms with E-state index in [-0.39, 0.29) is 16.3 Å². The highest BCUT2D eigenvalue weighted by Gasteiger charge is 2.57. The lowest BCUT2D eigenvalue weighted by atomic mass is 9.95. The molecule has 5 heteroatoms. The summed E-state index contributed by atoms with van der Waals surface area (Å²) >= 11 is 6.22. The molecule has 28 heavy (non-hydrogen) atoms. The van der Waals surface area contributed by atoms with Gasteiger partial charge in [-0.1, -0.05) is 44.2 Å². The van der Waals surface area contributed by atoms with Crippen molar-refractivity contribution in [2.45, 2.75) is 46.3 Å². The van der Waals surface area contributed by atoms with Crippen LogP contribution in [0, 0.1) is 0 Å². The molecule has 0 radical (unpaired) electrons. The second kappa shape index (κ2) is 9.08. The van der Waals surface area contributed by atoms with Crippen LogP contribution in [0.2, 0.25) is 0 Å². The fourth-order valence-corrected chi connectivity index (χ4v) is 4.20. The molecule has 1 atom stereocenters. The number of benzene rings is 2. The van der Waals surface area contributed by atoms with Crippen molar-refractivity contribution < 1.29 is 14.3 Å². The Kier molecular flexibility index (Phi) is 7.27. The van der Waals surface area contributed by atoms with Gasteiger partial charge in [0.15, 0.2) is 17.1 Å². The molecule has 152 valence electrons. The van der Waals surface area contributed by atoms with Crippen molar-refractivity contribution >= 4 is 28.9 Å². The third-order valence-corrected chi connectivity index (χ3v) is 5.77. The quantitative estimate of drug-likeness (QED) is 0.326. The van der Waals surface area contributed by atoms with Gasteiger partial charge in [0.2, 0.25) is 5.72 Å². The third kappa shape index (κ3) is 3.45. The number of rotatable bonds is 8. The second-order valence-electron chi connectivity index (χ2n) is 7.15. The lowest BCUT2D eigenvalue weighted by Crippen LogP contribution is -2.65. The first-order chi connectivity index (χ1) is 13.3. The van der Waals surface area contributed by atoms with Crippen LogP contribution in [-0.2, 0) is 22.4 Å². The Labute approximate surface area is 173 Å². The van der Waals surface area contributed by atoms with E-state index in [0.29, 0.717) is 5.75 Å². The number of nitrogens with zero attached hydrogens (tertiary/aromatic N) is 1. The number of hydrogen-bond acceptors (Lipinski definition) is 3. The van der Waals surface area contributed by atoms with E-state index in [9.17, 15) is 4.79 Å². The first-order valence-corrected chi connectivity index (χ1v) is 10.2. The molecule has 0 aliphatic heterocycles. The smallest absolute Gasteiger partial charge is 0.341 e. The molecule has 2 aromatic rings. The van der Waals surface area contributed by atoms with Crippen LogP contribution in [-0.4, -0.2) is 31.7 Å². The van der Waals surface area contributed by atoms with E-state index in [4.69, 9.17) is 21.1 Å². The van der Waals surface area contributed by atoms with Crippen LogP contribution in [0.4, 0.5) is 11.4 Å². The van der Waals surface area contributed by atoms with E-state index in [2.05, 4.69) is 26.0 Å². The molecule has 0 aliphatic rings. The number of amides is 1. The first kappa shape index (κ1) is 22.4. The fraction of sp³-hybridized carbons (Fsp3) is 0.435. The van der Waals surface area contributed by atoms with Crippen LogP contribution >= 0.6 is 11.6 Å².